The summed E-state index contributed by atoms with van der Waals surface area (Å²) < 4.78 is 27.3. The molecule has 1 aromatic rings. The molecule has 0 bridgehead atoms. The highest BCUT2D eigenvalue weighted by molar-refractivity contribution is 5.32. The maximum absolute atomic E-state index is 11.6. The molecule has 0 aromatic carbocycles. The number of hydrogen-bond acceptors (Lipinski definition) is 3. The summed E-state index contributed by atoms with van der Waals surface area (Å²) in [5, 5.41) is 8.36. The van der Waals surface area contributed by atoms with Gasteiger partial charge in [-0.25, -0.2) is 0 Å². The minimum absolute atomic E-state index is 0.107. The SMILES string of the molecule is N#Cc1cncc(OC(F)F)c1. The predicted molar refractivity (Wildman–Crippen MR) is 35.6 cm³/mol. The highest BCUT2D eigenvalue weighted by atomic mass is 19.3. The third kappa shape index (κ3) is 2.16. The monoisotopic (exact) mass is 170 g/mol. The van der Waals surface area contributed by atoms with Gasteiger partial charge in [0, 0.05) is 12.3 Å². The Labute approximate surface area is 67.2 Å². The molecule has 3 nitrogen and oxygen atoms in total. The Morgan fingerprint density at radius 2 is 2.25 bits per heavy atom. The van der Waals surface area contributed by atoms with Crippen molar-refractivity contribution in [2.24, 2.45) is 0 Å². The largest absolute Gasteiger partial charge is 0.433 e. The van der Waals surface area contributed by atoms with Crippen molar-refractivity contribution in [3.8, 4) is 11.8 Å². The minimum Gasteiger partial charge on any atom is -0.433 e. The van der Waals surface area contributed by atoms with Crippen LogP contribution >= 0.6 is 0 Å². The smallest absolute Gasteiger partial charge is 0.387 e. The Bertz CT molecular complexity index is 309. The van der Waals surface area contributed by atoms with Crippen molar-refractivity contribution in [3.05, 3.63) is 24.0 Å². The van der Waals surface area contributed by atoms with Crippen molar-refractivity contribution >= 4 is 0 Å². The Balaban J connectivity index is 2.81. The van der Waals surface area contributed by atoms with Crippen LogP contribution in [0.4, 0.5) is 8.78 Å². The van der Waals surface area contributed by atoms with Crippen LogP contribution in [-0.2, 0) is 0 Å². The van der Waals surface area contributed by atoms with Crippen molar-refractivity contribution in [2.75, 3.05) is 0 Å². The van der Waals surface area contributed by atoms with Gasteiger partial charge in [-0.1, -0.05) is 0 Å². The van der Waals surface area contributed by atoms with Gasteiger partial charge < -0.3 is 4.74 Å². The first kappa shape index (κ1) is 8.40. The van der Waals surface area contributed by atoms with E-state index in [1.807, 2.05) is 0 Å². The number of alkyl halides is 2. The van der Waals surface area contributed by atoms with Crippen molar-refractivity contribution in [1.29, 1.82) is 5.26 Å². The first-order valence-electron chi connectivity index (χ1n) is 3.02. The average Bonchev–Trinajstić information content (AvgIpc) is 2.03. The third-order valence-corrected chi connectivity index (χ3v) is 1.07. The molecular formula is C7H4F2N2O. The second kappa shape index (κ2) is 3.62. The molecule has 0 unspecified atom stereocenters. The summed E-state index contributed by atoms with van der Waals surface area (Å²) in [5.74, 6) is -0.107. The van der Waals surface area contributed by atoms with E-state index in [0.29, 0.717) is 0 Å². The number of pyridine rings is 1. The van der Waals surface area contributed by atoms with Gasteiger partial charge in [0.25, 0.3) is 0 Å². The lowest BCUT2D eigenvalue weighted by Crippen LogP contribution is -2.02. The van der Waals surface area contributed by atoms with Crippen molar-refractivity contribution in [3.63, 3.8) is 0 Å². The van der Waals surface area contributed by atoms with E-state index < -0.39 is 6.61 Å². The summed E-state index contributed by atoms with van der Waals surface area (Å²) in [6.45, 7) is -2.89. The van der Waals surface area contributed by atoms with E-state index in [1.54, 1.807) is 6.07 Å². The summed E-state index contributed by atoms with van der Waals surface area (Å²) in [6, 6.07) is 2.95. The fraction of sp³-hybridized carbons (Fsp3) is 0.143. The molecule has 1 rings (SSSR count). The quantitative estimate of drug-likeness (QED) is 0.676. The zero-order valence-electron chi connectivity index (χ0n) is 5.87. The van der Waals surface area contributed by atoms with Gasteiger partial charge in [-0.2, -0.15) is 14.0 Å². The molecule has 0 aliphatic heterocycles. The molecule has 1 aromatic heterocycles. The van der Waals surface area contributed by atoms with Gasteiger partial charge in [-0.05, 0) is 0 Å². The molecule has 0 aliphatic rings. The van der Waals surface area contributed by atoms with E-state index in [1.165, 1.54) is 12.3 Å². The minimum atomic E-state index is -2.89. The van der Waals surface area contributed by atoms with Gasteiger partial charge >= 0.3 is 6.61 Å². The standard InChI is InChI=1S/C7H4F2N2O/c8-7(9)12-6-1-5(2-10)3-11-4-6/h1,3-4,7H. The Kier molecular flexibility index (Phi) is 2.53. The lowest BCUT2D eigenvalue weighted by atomic mass is 10.3. The molecule has 0 spiro atoms. The van der Waals surface area contributed by atoms with Crippen LogP contribution in [0.5, 0.6) is 5.75 Å². The van der Waals surface area contributed by atoms with Gasteiger partial charge in [-0.15, -0.1) is 0 Å². The molecule has 62 valence electrons. The summed E-state index contributed by atoms with van der Waals surface area (Å²) >= 11 is 0. The number of rotatable bonds is 2. The number of ether oxygens (including phenoxy) is 1. The average molecular weight is 170 g/mol. The van der Waals surface area contributed by atoms with Gasteiger partial charge in [0.1, 0.15) is 11.8 Å². The van der Waals surface area contributed by atoms with Crippen LogP contribution in [0.25, 0.3) is 0 Å². The number of halogens is 2. The van der Waals surface area contributed by atoms with Crippen LogP contribution < -0.4 is 4.74 Å². The van der Waals surface area contributed by atoms with Crippen LogP contribution in [0.15, 0.2) is 18.5 Å². The van der Waals surface area contributed by atoms with Crippen LogP contribution in [0.3, 0.4) is 0 Å². The molecule has 5 heteroatoms. The Morgan fingerprint density at radius 3 is 2.83 bits per heavy atom. The molecule has 0 aliphatic carbocycles. The molecule has 0 N–H and O–H groups in total. The van der Waals surface area contributed by atoms with E-state index in [2.05, 4.69) is 9.72 Å². The molecule has 0 atom stereocenters. The molecule has 12 heavy (non-hydrogen) atoms. The Hall–Kier alpha value is -1.70. The molecule has 0 saturated heterocycles. The van der Waals surface area contributed by atoms with Crippen molar-refractivity contribution in [2.45, 2.75) is 6.61 Å². The topological polar surface area (TPSA) is 45.9 Å². The van der Waals surface area contributed by atoms with E-state index in [4.69, 9.17) is 5.26 Å². The summed E-state index contributed by atoms with van der Waals surface area (Å²) in [5.41, 5.74) is 0.188. The van der Waals surface area contributed by atoms with Crippen LogP contribution in [0, 0.1) is 11.3 Å². The molecule has 0 amide bonds. The summed E-state index contributed by atoms with van der Waals surface area (Å²) in [7, 11) is 0. The molecule has 1 heterocycles. The summed E-state index contributed by atoms with van der Waals surface area (Å²) in [4.78, 5) is 3.53. The zero-order chi connectivity index (χ0) is 8.97. The number of aromatic nitrogens is 1. The molecular weight excluding hydrogens is 166 g/mol. The van der Waals surface area contributed by atoms with E-state index in [9.17, 15) is 8.78 Å². The molecule has 0 fully saturated rings. The van der Waals surface area contributed by atoms with Crippen LogP contribution in [0.1, 0.15) is 5.56 Å². The van der Waals surface area contributed by atoms with E-state index in [-0.39, 0.29) is 11.3 Å². The van der Waals surface area contributed by atoms with Gasteiger partial charge in [0.2, 0.25) is 0 Å². The van der Waals surface area contributed by atoms with Gasteiger partial charge in [0.15, 0.2) is 0 Å². The van der Waals surface area contributed by atoms with Gasteiger partial charge in [0.05, 0.1) is 11.8 Å². The number of nitrogens with zero attached hydrogens (tertiary/aromatic N) is 2. The highest BCUT2D eigenvalue weighted by Crippen LogP contribution is 2.12. The maximum Gasteiger partial charge on any atom is 0.387 e. The zero-order valence-corrected chi connectivity index (χ0v) is 5.87. The predicted octanol–water partition coefficient (Wildman–Crippen LogP) is 1.55. The van der Waals surface area contributed by atoms with Crippen LogP contribution in [0.2, 0.25) is 0 Å². The number of nitriles is 1. The lowest BCUT2D eigenvalue weighted by molar-refractivity contribution is -0.0500. The van der Waals surface area contributed by atoms with Crippen molar-refractivity contribution < 1.29 is 13.5 Å². The Morgan fingerprint density at radius 1 is 1.50 bits per heavy atom. The normalized spacial score (nSPS) is 9.50. The molecule has 0 radical (unpaired) electrons. The van der Waals surface area contributed by atoms with Gasteiger partial charge in [-0.3, -0.25) is 4.98 Å². The number of hydrogen-bond donors (Lipinski definition) is 0. The fourth-order valence-electron chi connectivity index (χ4n) is 0.647. The first-order valence-corrected chi connectivity index (χ1v) is 3.02. The fourth-order valence-corrected chi connectivity index (χ4v) is 0.647. The van der Waals surface area contributed by atoms with E-state index >= 15 is 0 Å². The summed E-state index contributed by atoms with van der Waals surface area (Å²) in [6.07, 6.45) is 2.38. The second-order valence-electron chi connectivity index (χ2n) is 1.90. The highest BCUT2D eigenvalue weighted by Gasteiger charge is 2.04. The van der Waals surface area contributed by atoms with E-state index in [0.717, 1.165) is 6.20 Å². The first-order chi connectivity index (χ1) is 5.72. The third-order valence-electron chi connectivity index (χ3n) is 1.07. The molecule has 0 saturated carbocycles. The lowest BCUT2D eigenvalue weighted by Gasteiger charge is -2.02. The maximum atomic E-state index is 11.6. The second-order valence-corrected chi connectivity index (χ2v) is 1.90. The van der Waals surface area contributed by atoms with Crippen molar-refractivity contribution in [1.82, 2.24) is 4.98 Å². The van der Waals surface area contributed by atoms with Crippen LogP contribution in [-0.4, -0.2) is 11.6 Å².